The van der Waals surface area contributed by atoms with E-state index in [9.17, 15) is 4.79 Å². The molecule has 18 heavy (non-hydrogen) atoms. The fourth-order valence-electron chi connectivity index (χ4n) is 2.20. The largest absolute Gasteiger partial charge is 0.311 e. The van der Waals surface area contributed by atoms with Crippen LogP contribution in [0.1, 0.15) is 22.6 Å². The molecule has 1 aliphatic rings. The maximum atomic E-state index is 11.9. The lowest BCUT2D eigenvalue weighted by molar-refractivity contribution is 0.613. The first-order chi connectivity index (χ1) is 8.83. The van der Waals surface area contributed by atoms with E-state index in [1.54, 1.807) is 12.4 Å². The van der Waals surface area contributed by atoms with Crippen molar-refractivity contribution in [3.63, 3.8) is 0 Å². The molecule has 0 fully saturated rings. The van der Waals surface area contributed by atoms with E-state index in [4.69, 9.17) is 0 Å². The minimum absolute atomic E-state index is 0.00514. The molecule has 5 nitrogen and oxygen atoms in total. The molecule has 0 amide bonds. The van der Waals surface area contributed by atoms with Gasteiger partial charge >= 0.3 is 0 Å². The quantitative estimate of drug-likeness (QED) is 0.799. The summed E-state index contributed by atoms with van der Waals surface area (Å²) in [5.41, 5.74) is 2.81. The minimum atomic E-state index is 0.00514. The highest BCUT2D eigenvalue weighted by Crippen LogP contribution is 2.08. The van der Waals surface area contributed by atoms with Crippen molar-refractivity contribution in [2.45, 2.75) is 19.4 Å². The molecule has 2 aromatic heterocycles. The monoisotopic (exact) mass is 242 g/mol. The van der Waals surface area contributed by atoms with Crippen molar-refractivity contribution in [2.24, 2.45) is 0 Å². The Balaban J connectivity index is 1.94. The predicted octanol–water partition coefficient (Wildman–Crippen LogP) is 0.401. The Morgan fingerprint density at radius 1 is 1.28 bits per heavy atom. The average Bonchev–Trinajstić information content (AvgIpc) is 2.40. The molecule has 0 saturated carbocycles. The van der Waals surface area contributed by atoms with Gasteiger partial charge in [-0.1, -0.05) is 0 Å². The van der Waals surface area contributed by atoms with Gasteiger partial charge in [0.25, 0.3) is 5.56 Å². The lowest BCUT2D eigenvalue weighted by Crippen LogP contribution is -2.31. The third-order valence-corrected chi connectivity index (χ3v) is 3.12. The topological polar surface area (TPSA) is 70.7 Å². The molecule has 2 aromatic rings. The third-order valence-electron chi connectivity index (χ3n) is 3.12. The van der Waals surface area contributed by atoms with Gasteiger partial charge in [0, 0.05) is 30.9 Å². The first kappa shape index (κ1) is 11.1. The molecule has 0 radical (unpaired) electrons. The highest BCUT2D eigenvalue weighted by atomic mass is 16.1. The zero-order valence-electron chi connectivity index (χ0n) is 9.94. The van der Waals surface area contributed by atoms with Gasteiger partial charge in [0.1, 0.15) is 5.82 Å². The van der Waals surface area contributed by atoms with Crippen LogP contribution in [0, 0.1) is 0 Å². The Morgan fingerprint density at radius 3 is 2.94 bits per heavy atom. The van der Waals surface area contributed by atoms with Crippen LogP contribution in [-0.4, -0.2) is 21.5 Å². The molecular weight excluding hydrogens is 228 g/mol. The summed E-state index contributed by atoms with van der Waals surface area (Å²) in [6.07, 6.45) is 4.87. The standard InChI is InChI=1S/C13H14N4O/c18-13-10-3-6-15-8-11(10)16-12(17-13)7-9-1-4-14-5-2-9/h1-2,4-5,15H,3,6-8H2,(H,16,17,18). The molecule has 5 heteroatoms. The van der Waals surface area contributed by atoms with Gasteiger partial charge in [-0.2, -0.15) is 0 Å². The fraction of sp³-hybridized carbons (Fsp3) is 0.308. The van der Waals surface area contributed by atoms with E-state index >= 15 is 0 Å². The second kappa shape index (κ2) is 4.70. The molecule has 3 heterocycles. The van der Waals surface area contributed by atoms with E-state index in [1.165, 1.54) is 0 Å². The van der Waals surface area contributed by atoms with Gasteiger partial charge in [0.05, 0.1) is 5.69 Å². The molecule has 2 N–H and O–H groups in total. The summed E-state index contributed by atoms with van der Waals surface area (Å²) in [5, 5.41) is 3.23. The molecule has 0 saturated heterocycles. The van der Waals surface area contributed by atoms with Crippen LogP contribution in [0.4, 0.5) is 0 Å². The number of nitrogens with zero attached hydrogens (tertiary/aromatic N) is 2. The van der Waals surface area contributed by atoms with Gasteiger partial charge in [-0.15, -0.1) is 0 Å². The fourth-order valence-corrected chi connectivity index (χ4v) is 2.20. The van der Waals surface area contributed by atoms with Crippen LogP contribution in [0.15, 0.2) is 29.3 Å². The molecule has 0 bridgehead atoms. The Kier molecular flexibility index (Phi) is 2.90. The zero-order valence-corrected chi connectivity index (χ0v) is 9.94. The number of aromatic nitrogens is 3. The van der Waals surface area contributed by atoms with E-state index in [1.807, 2.05) is 12.1 Å². The summed E-state index contributed by atoms with van der Waals surface area (Å²) in [5.74, 6) is 0.716. The summed E-state index contributed by atoms with van der Waals surface area (Å²) in [7, 11) is 0. The third kappa shape index (κ3) is 2.17. The number of aromatic amines is 1. The van der Waals surface area contributed by atoms with Crippen LogP contribution in [0.3, 0.4) is 0 Å². The van der Waals surface area contributed by atoms with Crippen LogP contribution in [-0.2, 0) is 19.4 Å². The second-order valence-electron chi connectivity index (χ2n) is 4.40. The normalized spacial score (nSPS) is 14.2. The van der Waals surface area contributed by atoms with Crippen molar-refractivity contribution >= 4 is 0 Å². The molecule has 0 atom stereocenters. The van der Waals surface area contributed by atoms with E-state index in [0.29, 0.717) is 18.8 Å². The van der Waals surface area contributed by atoms with Crippen molar-refractivity contribution < 1.29 is 0 Å². The summed E-state index contributed by atoms with van der Waals surface area (Å²) in [6.45, 7) is 1.53. The number of hydrogen-bond donors (Lipinski definition) is 2. The van der Waals surface area contributed by atoms with Crippen molar-refractivity contribution in [2.75, 3.05) is 6.54 Å². The van der Waals surface area contributed by atoms with Crippen LogP contribution in [0.5, 0.6) is 0 Å². The van der Waals surface area contributed by atoms with E-state index in [-0.39, 0.29) is 5.56 Å². The molecule has 0 aromatic carbocycles. The molecule has 1 aliphatic heterocycles. The summed E-state index contributed by atoms with van der Waals surface area (Å²) in [4.78, 5) is 23.3. The smallest absolute Gasteiger partial charge is 0.254 e. The van der Waals surface area contributed by atoms with E-state index < -0.39 is 0 Å². The van der Waals surface area contributed by atoms with Crippen LogP contribution in [0.25, 0.3) is 0 Å². The average molecular weight is 242 g/mol. The molecule has 0 aliphatic carbocycles. The van der Waals surface area contributed by atoms with Crippen LogP contribution >= 0.6 is 0 Å². The lowest BCUT2D eigenvalue weighted by atomic mass is 10.1. The van der Waals surface area contributed by atoms with E-state index in [2.05, 4.69) is 20.3 Å². The maximum absolute atomic E-state index is 11.9. The summed E-state index contributed by atoms with van der Waals surface area (Å²) < 4.78 is 0. The number of nitrogens with one attached hydrogen (secondary N) is 2. The van der Waals surface area contributed by atoms with Gasteiger partial charge in [-0.3, -0.25) is 9.78 Å². The Hall–Kier alpha value is -2.01. The summed E-state index contributed by atoms with van der Waals surface area (Å²) in [6, 6.07) is 3.86. The number of H-pyrrole nitrogens is 1. The first-order valence-electron chi connectivity index (χ1n) is 6.03. The van der Waals surface area contributed by atoms with Gasteiger partial charge in [-0.05, 0) is 30.7 Å². The highest BCUT2D eigenvalue weighted by Gasteiger charge is 2.14. The number of pyridine rings is 1. The number of rotatable bonds is 2. The molecule has 3 rings (SSSR count). The van der Waals surface area contributed by atoms with Gasteiger partial charge in [0.15, 0.2) is 0 Å². The minimum Gasteiger partial charge on any atom is -0.311 e. The number of hydrogen-bond acceptors (Lipinski definition) is 4. The predicted molar refractivity (Wildman–Crippen MR) is 67.3 cm³/mol. The summed E-state index contributed by atoms with van der Waals surface area (Å²) >= 11 is 0. The van der Waals surface area contributed by atoms with Crippen molar-refractivity contribution in [3.05, 3.63) is 57.5 Å². The zero-order chi connectivity index (χ0) is 12.4. The first-order valence-corrected chi connectivity index (χ1v) is 6.03. The lowest BCUT2D eigenvalue weighted by Gasteiger charge is -2.15. The van der Waals surface area contributed by atoms with Crippen molar-refractivity contribution in [1.82, 2.24) is 20.3 Å². The molecule has 0 unspecified atom stereocenters. The second-order valence-corrected chi connectivity index (χ2v) is 4.40. The Morgan fingerprint density at radius 2 is 2.11 bits per heavy atom. The SMILES string of the molecule is O=c1[nH]c(Cc2ccncc2)nc2c1CCNC2. The van der Waals surface area contributed by atoms with Crippen LogP contribution in [0.2, 0.25) is 0 Å². The van der Waals surface area contributed by atoms with Crippen LogP contribution < -0.4 is 10.9 Å². The van der Waals surface area contributed by atoms with Crippen molar-refractivity contribution in [3.8, 4) is 0 Å². The van der Waals surface area contributed by atoms with E-state index in [0.717, 1.165) is 29.8 Å². The van der Waals surface area contributed by atoms with Gasteiger partial charge < -0.3 is 10.3 Å². The Bertz CT molecular complexity index is 606. The maximum Gasteiger partial charge on any atom is 0.254 e. The Labute approximate surface area is 104 Å². The molecule has 0 spiro atoms. The van der Waals surface area contributed by atoms with Gasteiger partial charge in [0.2, 0.25) is 0 Å². The van der Waals surface area contributed by atoms with Crippen molar-refractivity contribution in [1.29, 1.82) is 0 Å². The van der Waals surface area contributed by atoms with Gasteiger partial charge in [-0.25, -0.2) is 4.98 Å². The highest BCUT2D eigenvalue weighted by molar-refractivity contribution is 5.23. The molecule has 92 valence electrons. The molecular formula is C13H14N4O. The number of fused-ring (bicyclic) bond motifs is 1.